The Balaban J connectivity index is 1.96. The van der Waals surface area contributed by atoms with E-state index in [-0.39, 0.29) is 34.2 Å². The summed E-state index contributed by atoms with van der Waals surface area (Å²) >= 11 is 0. The van der Waals surface area contributed by atoms with E-state index >= 15 is 0 Å². The Kier molecular flexibility index (Phi) is 6.47. The molecular weight excluding hydrogens is 392 g/mol. The molecule has 0 aliphatic rings. The highest BCUT2D eigenvalue weighted by atomic mass is 16.3. The number of hydrogen-bond acceptors (Lipinski definition) is 2. The van der Waals surface area contributed by atoms with E-state index in [2.05, 4.69) is 97.0 Å². The second-order valence-corrected chi connectivity index (χ2v) is 11.1. The summed E-state index contributed by atoms with van der Waals surface area (Å²) in [6.45, 7) is 17.3. The van der Waals surface area contributed by atoms with Crippen LogP contribution in [0.25, 0.3) is 0 Å². The highest BCUT2D eigenvalue weighted by Crippen LogP contribution is 2.43. The summed E-state index contributed by atoms with van der Waals surface area (Å²) in [4.78, 5) is 0. The van der Waals surface area contributed by atoms with Crippen molar-refractivity contribution in [3.05, 3.63) is 94.0 Å². The van der Waals surface area contributed by atoms with Crippen molar-refractivity contribution in [2.24, 2.45) is 0 Å². The summed E-state index contributed by atoms with van der Waals surface area (Å²) in [5, 5.41) is 21.9. The average molecular weight is 431 g/mol. The van der Waals surface area contributed by atoms with Gasteiger partial charge in [-0.3, -0.25) is 0 Å². The quantitative estimate of drug-likeness (QED) is 0.440. The van der Waals surface area contributed by atoms with Gasteiger partial charge in [-0.1, -0.05) is 110 Å². The van der Waals surface area contributed by atoms with Crippen LogP contribution in [0.1, 0.15) is 101 Å². The van der Waals surface area contributed by atoms with Crippen molar-refractivity contribution < 1.29 is 10.2 Å². The van der Waals surface area contributed by atoms with Crippen LogP contribution in [0, 0.1) is 0 Å². The van der Waals surface area contributed by atoms with E-state index in [1.54, 1.807) is 6.07 Å². The van der Waals surface area contributed by atoms with Gasteiger partial charge >= 0.3 is 0 Å². The monoisotopic (exact) mass is 430 g/mol. The van der Waals surface area contributed by atoms with Gasteiger partial charge in [0.05, 0.1) is 0 Å². The zero-order valence-electron chi connectivity index (χ0n) is 20.8. The third kappa shape index (κ3) is 4.85. The molecule has 2 atom stereocenters. The lowest BCUT2D eigenvalue weighted by molar-refractivity contribution is 0.429. The van der Waals surface area contributed by atoms with Crippen LogP contribution >= 0.6 is 0 Å². The third-order valence-corrected chi connectivity index (χ3v) is 6.68. The van der Waals surface area contributed by atoms with Crippen LogP contribution in [-0.4, -0.2) is 10.2 Å². The van der Waals surface area contributed by atoms with Crippen LogP contribution in [0.3, 0.4) is 0 Å². The van der Waals surface area contributed by atoms with E-state index in [1.165, 1.54) is 11.1 Å². The van der Waals surface area contributed by atoms with Crippen molar-refractivity contribution in [3.63, 3.8) is 0 Å². The molecule has 2 unspecified atom stereocenters. The summed E-state index contributed by atoms with van der Waals surface area (Å²) in [5.74, 6) is 0.206. The third-order valence-electron chi connectivity index (χ3n) is 6.68. The molecule has 170 valence electrons. The first kappa shape index (κ1) is 23.9. The molecule has 0 bridgehead atoms. The standard InChI is InChI=1S/C30H38O2/c1-19(21-9-13-23(14-10-21)29(3,4)5)25-17-18-26(31)27(28(25)32)20(2)22-11-15-24(16-12-22)30(6,7)8/h9-20,31-32H,1-8H3. The summed E-state index contributed by atoms with van der Waals surface area (Å²) in [6, 6.07) is 20.7. The smallest absolute Gasteiger partial charge is 0.126 e. The minimum absolute atomic E-state index is 0.0128. The number of aromatic hydroxyl groups is 2. The first-order valence-corrected chi connectivity index (χ1v) is 11.6. The molecule has 0 amide bonds. The second-order valence-electron chi connectivity index (χ2n) is 11.1. The van der Waals surface area contributed by atoms with Gasteiger partial charge < -0.3 is 10.2 Å². The first-order valence-electron chi connectivity index (χ1n) is 11.6. The highest BCUT2D eigenvalue weighted by Gasteiger charge is 2.24. The van der Waals surface area contributed by atoms with Crippen molar-refractivity contribution in [2.45, 2.75) is 78.1 Å². The lowest BCUT2D eigenvalue weighted by Crippen LogP contribution is -2.11. The fraction of sp³-hybridized carbons (Fsp3) is 0.400. The molecule has 0 fully saturated rings. The highest BCUT2D eigenvalue weighted by molar-refractivity contribution is 5.56. The molecule has 2 N–H and O–H groups in total. The Hall–Kier alpha value is -2.74. The van der Waals surface area contributed by atoms with Gasteiger partial charge in [0.2, 0.25) is 0 Å². The minimum atomic E-state index is -0.126. The molecular formula is C30H38O2. The van der Waals surface area contributed by atoms with Crippen molar-refractivity contribution in [1.29, 1.82) is 0 Å². The number of phenolic OH excluding ortho intramolecular Hbond substituents is 2. The molecule has 32 heavy (non-hydrogen) atoms. The molecule has 0 aliphatic carbocycles. The largest absolute Gasteiger partial charge is 0.508 e. The average Bonchev–Trinajstić information content (AvgIpc) is 2.72. The Morgan fingerprint density at radius 3 is 1.38 bits per heavy atom. The van der Waals surface area contributed by atoms with Gasteiger partial charge in [0.1, 0.15) is 11.5 Å². The zero-order chi connectivity index (χ0) is 23.8. The van der Waals surface area contributed by atoms with Crippen LogP contribution in [-0.2, 0) is 10.8 Å². The van der Waals surface area contributed by atoms with Crippen molar-refractivity contribution in [2.75, 3.05) is 0 Å². The molecule has 0 saturated heterocycles. The molecule has 3 rings (SSSR count). The van der Waals surface area contributed by atoms with Crippen LogP contribution < -0.4 is 0 Å². The number of rotatable bonds is 4. The molecule has 3 aromatic carbocycles. The Bertz CT molecular complexity index is 1060. The molecule has 0 spiro atoms. The summed E-state index contributed by atoms with van der Waals surface area (Å²) < 4.78 is 0. The van der Waals surface area contributed by atoms with Crippen LogP contribution in [0.4, 0.5) is 0 Å². The van der Waals surface area contributed by atoms with Gasteiger partial charge in [-0.25, -0.2) is 0 Å². The van der Waals surface area contributed by atoms with Crippen LogP contribution in [0.5, 0.6) is 11.5 Å². The van der Waals surface area contributed by atoms with Crippen molar-refractivity contribution >= 4 is 0 Å². The van der Waals surface area contributed by atoms with E-state index in [0.717, 1.165) is 16.7 Å². The number of benzene rings is 3. The number of phenols is 2. The lowest BCUT2D eigenvalue weighted by Gasteiger charge is -2.23. The van der Waals surface area contributed by atoms with Gasteiger partial charge in [0, 0.05) is 23.0 Å². The lowest BCUT2D eigenvalue weighted by atomic mass is 9.82. The van der Waals surface area contributed by atoms with Gasteiger partial charge in [-0.2, -0.15) is 0 Å². The molecule has 0 radical (unpaired) electrons. The minimum Gasteiger partial charge on any atom is -0.508 e. The van der Waals surface area contributed by atoms with E-state index in [0.29, 0.717) is 5.56 Å². The zero-order valence-corrected chi connectivity index (χ0v) is 20.8. The SMILES string of the molecule is CC(c1ccc(C(C)(C)C)cc1)c1ccc(O)c(C(C)c2ccc(C(C)(C)C)cc2)c1O. The molecule has 0 saturated carbocycles. The topological polar surface area (TPSA) is 40.5 Å². The van der Waals surface area contributed by atoms with Gasteiger partial charge in [-0.15, -0.1) is 0 Å². The Labute approximate surface area is 194 Å². The maximum absolute atomic E-state index is 11.2. The van der Waals surface area contributed by atoms with Gasteiger partial charge in [-0.05, 0) is 39.2 Å². The fourth-order valence-electron chi connectivity index (χ4n) is 4.28. The first-order chi connectivity index (χ1) is 14.8. The Morgan fingerprint density at radius 2 is 0.969 bits per heavy atom. The van der Waals surface area contributed by atoms with E-state index in [9.17, 15) is 10.2 Å². The molecule has 2 heteroatoms. The maximum Gasteiger partial charge on any atom is 0.126 e. The van der Waals surface area contributed by atoms with Crippen molar-refractivity contribution in [3.8, 4) is 11.5 Å². The predicted molar refractivity (Wildman–Crippen MR) is 135 cm³/mol. The predicted octanol–water partition coefficient (Wildman–Crippen LogP) is 8.00. The van der Waals surface area contributed by atoms with Gasteiger partial charge in [0.15, 0.2) is 0 Å². The Morgan fingerprint density at radius 1 is 0.562 bits per heavy atom. The second kappa shape index (κ2) is 8.65. The summed E-state index contributed by atoms with van der Waals surface area (Å²) in [6.07, 6.45) is 0. The molecule has 0 aromatic heterocycles. The van der Waals surface area contributed by atoms with E-state index in [1.807, 2.05) is 13.0 Å². The van der Waals surface area contributed by atoms with Gasteiger partial charge in [0.25, 0.3) is 0 Å². The summed E-state index contributed by atoms with van der Waals surface area (Å²) in [5.41, 5.74) is 6.38. The molecule has 0 aliphatic heterocycles. The molecule has 3 aromatic rings. The van der Waals surface area contributed by atoms with Crippen LogP contribution in [0.15, 0.2) is 60.7 Å². The number of hydrogen-bond donors (Lipinski definition) is 2. The van der Waals surface area contributed by atoms with E-state index < -0.39 is 0 Å². The van der Waals surface area contributed by atoms with Crippen LogP contribution in [0.2, 0.25) is 0 Å². The maximum atomic E-state index is 11.2. The van der Waals surface area contributed by atoms with Crippen molar-refractivity contribution in [1.82, 2.24) is 0 Å². The normalized spacial score (nSPS) is 14.2. The van der Waals surface area contributed by atoms with E-state index in [4.69, 9.17) is 0 Å². The fourth-order valence-corrected chi connectivity index (χ4v) is 4.28. The molecule has 0 heterocycles. The molecule has 2 nitrogen and oxygen atoms in total. The summed E-state index contributed by atoms with van der Waals surface area (Å²) in [7, 11) is 0.